The number of alkyl halides is 2. The monoisotopic (exact) mass is 198 g/mol. The standard InChI is InChI=1S/C10H10F2NO/c1-2-14-13-7-8-4-3-5-9(6-8)10(11)12/h3-6,10H,2H2,1H3. The molecule has 0 aliphatic carbocycles. The molecule has 75 valence electrons. The van der Waals surface area contributed by atoms with Gasteiger partial charge >= 0.3 is 0 Å². The van der Waals surface area contributed by atoms with Crippen LogP contribution in [0, 0.1) is 0 Å². The van der Waals surface area contributed by atoms with E-state index in [9.17, 15) is 8.78 Å². The lowest BCUT2D eigenvalue weighted by atomic mass is 10.1. The molecule has 0 bridgehead atoms. The molecule has 0 saturated carbocycles. The zero-order valence-corrected chi connectivity index (χ0v) is 7.71. The van der Waals surface area contributed by atoms with Crippen LogP contribution in [0.3, 0.4) is 0 Å². The van der Waals surface area contributed by atoms with Gasteiger partial charge in [-0.3, -0.25) is 0 Å². The van der Waals surface area contributed by atoms with Crippen LogP contribution in [0.2, 0.25) is 0 Å². The molecule has 0 saturated heterocycles. The third-order valence-corrected chi connectivity index (χ3v) is 1.51. The van der Waals surface area contributed by atoms with Gasteiger partial charge in [0.05, 0.1) is 0 Å². The first-order valence-corrected chi connectivity index (χ1v) is 4.20. The average Bonchev–Trinajstić information content (AvgIpc) is 2.19. The van der Waals surface area contributed by atoms with Crippen LogP contribution >= 0.6 is 0 Å². The zero-order valence-electron chi connectivity index (χ0n) is 7.71. The Balaban J connectivity index is 2.73. The van der Waals surface area contributed by atoms with Gasteiger partial charge in [0.25, 0.3) is 6.43 Å². The molecule has 0 aliphatic heterocycles. The summed E-state index contributed by atoms with van der Waals surface area (Å²) in [6.45, 7) is 2.21. The molecule has 0 aliphatic rings. The van der Waals surface area contributed by atoms with E-state index in [0.29, 0.717) is 12.2 Å². The summed E-state index contributed by atoms with van der Waals surface area (Å²) in [5, 5.41) is 3.47. The largest absolute Gasteiger partial charge is 0.396 e. The van der Waals surface area contributed by atoms with Crippen molar-refractivity contribution in [2.45, 2.75) is 13.3 Å². The van der Waals surface area contributed by atoms with Gasteiger partial charge in [-0.15, -0.1) is 0 Å². The summed E-state index contributed by atoms with van der Waals surface area (Å²) >= 11 is 0. The van der Waals surface area contributed by atoms with Crippen LogP contribution in [0.15, 0.2) is 29.4 Å². The van der Waals surface area contributed by atoms with Crippen LogP contribution in [-0.2, 0) is 4.84 Å². The zero-order chi connectivity index (χ0) is 10.4. The van der Waals surface area contributed by atoms with Crippen molar-refractivity contribution in [2.75, 3.05) is 6.61 Å². The van der Waals surface area contributed by atoms with Crippen LogP contribution in [0.4, 0.5) is 8.78 Å². The van der Waals surface area contributed by atoms with Gasteiger partial charge in [-0.1, -0.05) is 23.4 Å². The minimum Gasteiger partial charge on any atom is -0.396 e. The normalized spacial score (nSPS) is 11.1. The molecule has 1 aromatic carbocycles. The third kappa shape index (κ3) is 3.12. The number of rotatable bonds is 4. The Hall–Kier alpha value is -1.45. The number of benzene rings is 1. The first kappa shape index (κ1) is 10.6. The second kappa shape index (κ2) is 5.32. The van der Waals surface area contributed by atoms with Crippen LogP contribution in [0.25, 0.3) is 0 Å². The van der Waals surface area contributed by atoms with Gasteiger partial charge in [-0.25, -0.2) is 8.78 Å². The van der Waals surface area contributed by atoms with Crippen molar-refractivity contribution in [3.8, 4) is 0 Å². The van der Waals surface area contributed by atoms with E-state index in [1.165, 1.54) is 18.2 Å². The van der Waals surface area contributed by atoms with E-state index < -0.39 is 6.43 Å². The van der Waals surface area contributed by atoms with Crippen LogP contribution in [0.5, 0.6) is 0 Å². The highest BCUT2D eigenvalue weighted by molar-refractivity contribution is 5.79. The fourth-order valence-electron chi connectivity index (χ4n) is 0.893. The third-order valence-electron chi connectivity index (χ3n) is 1.51. The Morgan fingerprint density at radius 3 is 2.93 bits per heavy atom. The van der Waals surface area contributed by atoms with E-state index in [1.807, 2.05) is 0 Å². The van der Waals surface area contributed by atoms with E-state index in [0.717, 1.165) is 0 Å². The molecule has 0 spiro atoms. The molecule has 0 amide bonds. The molecule has 0 N–H and O–H groups in total. The SMILES string of the molecule is CCO/N=[C]/c1cccc(C(F)F)c1. The second-order valence-corrected chi connectivity index (χ2v) is 2.55. The maximum atomic E-state index is 12.2. The molecule has 0 aromatic heterocycles. The number of hydrogen-bond donors (Lipinski definition) is 0. The smallest absolute Gasteiger partial charge is 0.263 e. The first-order chi connectivity index (χ1) is 6.74. The summed E-state index contributed by atoms with van der Waals surface area (Å²) in [5.74, 6) is 0. The van der Waals surface area contributed by atoms with Gasteiger partial charge in [-0.05, 0) is 13.0 Å². The van der Waals surface area contributed by atoms with Crippen molar-refractivity contribution < 1.29 is 13.6 Å². The quantitative estimate of drug-likeness (QED) is 0.538. The van der Waals surface area contributed by atoms with Crippen molar-refractivity contribution in [3.63, 3.8) is 0 Å². The van der Waals surface area contributed by atoms with Gasteiger partial charge in [-0.2, -0.15) is 0 Å². The minimum atomic E-state index is -2.47. The van der Waals surface area contributed by atoms with Crippen molar-refractivity contribution in [1.82, 2.24) is 0 Å². The highest BCUT2D eigenvalue weighted by Gasteiger charge is 2.05. The van der Waals surface area contributed by atoms with Crippen LogP contribution in [0.1, 0.15) is 24.5 Å². The summed E-state index contributed by atoms with van der Waals surface area (Å²) < 4.78 is 24.5. The van der Waals surface area contributed by atoms with Gasteiger partial charge in [0, 0.05) is 11.1 Å². The van der Waals surface area contributed by atoms with E-state index in [1.54, 1.807) is 13.0 Å². The number of halogens is 2. The Labute approximate surface area is 81.2 Å². The topological polar surface area (TPSA) is 21.6 Å². The molecular weight excluding hydrogens is 188 g/mol. The summed E-state index contributed by atoms with van der Waals surface area (Å²) in [4.78, 5) is 4.66. The maximum absolute atomic E-state index is 12.2. The molecule has 0 unspecified atom stereocenters. The van der Waals surface area contributed by atoms with Crippen molar-refractivity contribution in [3.05, 3.63) is 35.4 Å². The lowest BCUT2D eigenvalue weighted by Gasteiger charge is -1.99. The summed E-state index contributed by atoms with van der Waals surface area (Å²) in [5.41, 5.74) is 0.443. The molecular formula is C10H10F2NO. The van der Waals surface area contributed by atoms with E-state index >= 15 is 0 Å². The molecule has 0 fully saturated rings. The highest BCUT2D eigenvalue weighted by Crippen LogP contribution is 2.18. The number of nitrogens with zero attached hydrogens (tertiary/aromatic N) is 1. The Kier molecular flexibility index (Phi) is 4.04. The fourth-order valence-corrected chi connectivity index (χ4v) is 0.893. The fraction of sp³-hybridized carbons (Fsp3) is 0.300. The average molecular weight is 198 g/mol. The summed E-state index contributed by atoms with van der Waals surface area (Å²) in [6.07, 6.45) is 0.0416. The highest BCUT2D eigenvalue weighted by atomic mass is 19.3. The Bertz CT molecular complexity index is 313. The molecule has 4 heteroatoms. The van der Waals surface area contributed by atoms with E-state index in [-0.39, 0.29) is 5.56 Å². The molecule has 2 nitrogen and oxygen atoms in total. The first-order valence-electron chi connectivity index (χ1n) is 4.20. The van der Waals surface area contributed by atoms with Crippen molar-refractivity contribution in [1.29, 1.82) is 0 Å². The maximum Gasteiger partial charge on any atom is 0.263 e. The van der Waals surface area contributed by atoms with Gasteiger partial charge in [0.15, 0.2) is 0 Å². The lowest BCUT2D eigenvalue weighted by molar-refractivity contribution is 0.151. The molecule has 0 heterocycles. The molecule has 1 aromatic rings. The van der Waals surface area contributed by atoms with Gasteiger partial charge < -0.3 is 4.84 Å². The van der Waals surface area contributed by atoms with E-state index in [4.69, 9.17) is 0 Å². The van der Waals surface area contributed by atoms with E-state index in [2.05, 4.69) is 16.2 Å². The lowest BCUT2D eigenvalue weighted by Crippen LogP contribution is -1.88. The van der Waals surface area contributed by atoms with Crippen molar-refractivity contribution in [2.24, 2.45) is 5.16 Å². The molecule has 0 atom stereocenters. The molecule has 1 rings (SSSR count). The molecule has 1 radical (unpaired) electrons. The van der Waals surface area contributed by atoms with Crippen molar-refractivity contribution >= 4 is 6.21 Å². The predicted octanol–water partition coefficient (Wildman–Crippen LogP) is 2.87. The van der Waals surface area contributed by atoms with Crippen LogP contribution < -0.4 is 0 Å². The van der Waals surface area contributed by atoms with Crippen LogP contribution in [-0.4, -0.2) is 12.8 Å². The summed E-state index contributed by atoms with van der Waals surface area (Å²) in [6, 6.07) is 5.85. The minimum absolute atomic E-state index is 0.0401. The number of hydrogen-bond acceptors (Lipinski definition) is 2. The molecule has 14 heavy (non-hydrogen) atoms. The second-order valence-electron chi connectivity index (χ2n) is 2.55. The summed E-state index contributed by atoms with van der Waals surface area (Å²) in [7, 11) is 0. The Morgan fingerprint density at radius 1 is 1.50 bits per heavy atom. The predicted molar refractivity (Wildman–Crippen MR) is 49.6 cm³/mol. The van der Waals surface area contributed by atoms with Gasteiger partial charge in [0.2, 0.25) is 0 Å². The van der Waals surface area contributed by atoms with Gasteiger partial charge in [0.1, 0.15) is 12.8 Å². The Morgan fingerprint density at radius 2 is 2.29 bits per heavy atom.